The fraction of sp³-hybridized carbons (Fsp3) is 0.125. The third-order valence-corrected chi connectivity index (χ3v) is 3.86. The van der Waals surface area contributed by atoms with Gasteiger partial charge >= 0.3 is 0 Å². The van der Waals surface area contributed by atoms with Crippen molar-refractivity contribution >= 4 is 21.7 Å². The average molecular weight is 348 g/mol. The summed E-state index contributed by atoms with van der Waals surface area (Å²) in [5.74, 6) is -1.34. The summed E-state index contributed by atoms with van der Waals surface area (Å²) in [6.07, 6.45) is 0. The van der Waals surface area contributed by atoms with E-state index in [0.717, 1.165) is 0 Å². The second-order valence-electron chi connectivity index (χ2n) is 4.30. The van der Waals surface area contributed by atoms with Crippen LogP contribution in [0.5, 0.6) is 5.75 Å². The molecule has 0 N–H and O–H groups in total. The van der Waals surface area contributed by atoms with E-state index in [1.165, 1.54) is 25.3 Å². The van der Waals surface area contributed by atoms with Crippen LogP contribution in [0.1, 0.15) is 21.8 Å². The molecule has 3 nitrogen and oxygen atoms in total. The molecular formula is C16H11BrFNO2. The molecule has 5 heteroatoms. The molecule has 2 aromatic carbocycles. The molecule has 0 aromatic heterocycles. The molecule has 0 heterocycles. The molecule has 2 rings (SSSR count). The number of ketones is 1. The third kappa shape index (κ3) is 3.11. The predicted molar refractivity (Wildman–Crippen MR) is 79.8 cm³/mol. The second-order valence-corrected chi connectivity index (χ2v) is 5.09. The smallest absolute Gasteiger partial charge is 0.185 e. The van der Waals surface area contributed by atoms with Crippen molar-refractivity contribution in [3.05, 3.63) is 63.9 Å². The maximum atomic E-state index is 13.5. The fourth-order valence-corrected chi connectivity index (χ4v) is 2.39. The summed E-state index contributed by atoms with van der Waals surface area (Å²) >= 11 is 3.05. The number of methoxy groups -OCH3 is 1. The standard InChI is InChI=1S/C16H11BrFNO2/c1-21-11-7-5-10(6-8-11)13(9-19)16(20)12-3-2-4-14(18)15(12)17/h2-8,13H,1H3. The molecule has 0 saturated carbocycles. The average Bonchev–Trinajstić information content (AvgIpc) is 2.51. The third-order valence-electron chi connectivity index (χ3n) is 3.06. The molecule has 106 valence electrons. The number of halogens is 2. The maximum absolute atomic E-state index is 13.5. The van der Waals surface area contributed by atoms with Crippen molar-refractivity contribution in [2.75, 3.05) is 7.11 Å². The monoisotopic (exact) mass is 347 g/mol. The van der Waals surface area contributed by atoms with Crippen molar-refractivity contribution in [3.63, 3.8) is 0 Å². The van der Waals surface area contributed by atoms with Crippen molar-refractivity contribution in [1.29, 1.82) is 5.26 Å². The van der Waals surface area contributed by atoms with E-state index in [4.69, 9.17) is 4.74 Å². The Kier molecular flexibility index (Phi) is 4.71. The fourth-order valence-electron chi connectivity index (χ4n) is 1.93. The van der Waals surface area contributed by atoms with E-state index in [1.807, 2.05) is 6.07 Å². The van der Waals surface area contributed by atoms with Gasteiger partial charge in [-0.25, -0.2) is 4.39 Å². The molecule has 0 aliphatic rings. The molecule has 21 heavy (non-hydrogen) atoms. The number of carbonyl (C=O) groups excluding carboxylic acids is 1. The molecule has 1 atom stereocenters. The molecule has 2 aromatic rings. The Morgan fingerprint density at radius 1 is 1.29 bits per heavy atom. The van der Waals surface area contributed by atoms with Gasteiger partial charge in [0.2, 0.25) is 0 Å². The normalized spacial score (nSPS) is 11.5. The van der Waals surface area contributed by atoms with E-state index in [9.17, 15) is 14.4 Å². The number of ether oxygens (including phenoxy) is 1. The number of nitrogens with zero attached hydrogens (tertiary/aromatic N) is 1. The van der Waals surface area contributed by atoms with Crippen molar-refractivity contribution in [3.8, 4) is 11.8 Å². The van der Waals surface area contributed by atoms with Gasteiger partial charge in [0.15, 0.2) is 5.78 Å². The molecule has 0 fully saturated rings. The van der Waals surface area contributed by atoms with Crippen LogP contribution < -0.4 is 4.74 Å². The van der Waals surface area contributed by atoms with E-state index >= 15 is 0 Å². The topological polar surface area (TPSA) is 50.1 Å². The molecule has 1 unspecified atom stereocenters. The van der Waals surface area contributed by atoms with Crippen LogP contribution in [0.25, 0.3) is 0 Å². The minimum atomic E-state index is -0.992. The number of rotatable bonds is 4. The lowest BCUT2D eigenvalue weighted by Gasteiger charge is -2.11. The van der Waals surface area contributed by atoms with Crippen LogP contribution in [0.4, 0.5) is 4.39 Å². The van der Waals surface area contributed by atoms with E-state index < -0.39 is 17.5 Å². The largest absolute Gasteiger partial charge is 0.497 e. The highest BCUT2D eigenvalue weighted by molar-refractivity contribution is 9.10. The van der Waals surface area contributed by atoms with Gasteiger partial charge in [0.25, 0.3) is 0 Å². The number of Topliss-reactive ketones (excluding diaryl/α,β-unsaturated/α-hetero) is 1. The number of carbonyl (C=O) groups is 1. The molecule has 0 amide bonds. The first kappa shape index (κ1) is 15.2. The lowest BCUT2D eigenvalue weighted by molar-refractivity contribution is 0.0977. The van der Waals surface area contributed by atoms with Gasteiger partial charge in [0.05, 0.1) is 17.7 Å². The van der Waals surface area contributed by atoms with Crippen LogP contribution in [0.15, 0.2) is 46.9 Å². The summed E-state index contributed by atoms with van der Waals surface area (Å²) in [6.45, 7) is 0. The highest BCUT2D eigenvalue weighted by atomic mass is 79.9. The van der Waals surface area contributed by atoms with E-state index in [0.29, 0.717) is 11.3 Å². The van der Waals surface area contributed by atoms with Gasteiger partial charge in [-0.3, -0.25) is 4.79 Å². The van der Waals surface area contributed by atoms with Crippen molar-refractivity contribution < 1.29 is 13.9 Å². The minimum Gasteiger partial charge on any atom is -0.497 e. The molecule has 0 radical (unpaired) electrons. The molecule has 0 bridgehead atoms. The Morgan fingerprint density at radius 2 is 1.95 bits per heavy atom. The van der Waals surface area contributed by atoms with Crippen molar-refractivity contribution in [2.24, 2.45) is 0 Å². The zero-order valence-corrected chi connectivity index (χ0v) is 12.7. The van der Waals surface area contributed by atoms with Gasteiger partial charge in [-0.2, -0.15) is 5.26 Å². The van der Waals surface area contributed by atoms with Crippen LogP contribution in [0, 0.1) is 17.1 Å². The second kappa shape index (κ2) is 6.51. The molecule has 0 aliphatic heterocycles. The van der Waals surface area contributed by atoms with Crippen LogP contribution in [-0.2, 0) is 0 Å². The lowest BCUT2D eigenvalue weighted by Crippen LogP contribution is -2.12. The highest BCUT2D eigenvalue weighted by Crippen LogP contribution is 2.28. The number of hydrogen-bond acceptors (Lipinski definition) is 3. The summed E-state index contributed by atoms with van der Waals surface area (Å²) in [7, 11) is 1.53. The van der Waals surface area contributed by atoms with Crippen LogP contribution in [0.3, 0.4) is 0 Å². The number of hydrogen-bond donors (Lipinski definition) is 0. The van der Waals surface area contributed by atoms with E-state index in [2.05, 4.69) is 15.9 Å². The van der Waals surface area contributed by atoms with Crippen molar-refractivity contribution in [1.82, 2.24) is 0 Å². The number of nitriles is 1. The van der Waals surface area contributed by atoms with Crippen LogP contribution in [-0.4, -0.2) is 12.9 Å². The zero-order valence-electron chi connectivity index (χ0n) is 11.1. The molecule has 0 saturated heterocycles. The van der Waals surface area contributed by atoms with Gasteiger partial charge < -0.3 is 4.74 Å². The SMILES string of the molecule is COc1ccc(C(C#N)C(=O)c2cccc(F)c2Br)cc1. The first-order valence-electron chi connectivity index (χ1n) is 6.10. The van der Waals surface area contributed by atoms with Gasteiger partial charge in [-0.05, 0) is 45.8 Å². The van der Waals surface area contributed by atoms with Gasteiger partial charge in [0, 0.05) is 5.56 Å². The first-order valence-corrected chi connectivity index (χ1v) is 6.89. The Bertz CT molecular complexity index is 707. The Labute approximate surface area is 130 Å². The quantitative estimate of drug-likeness (QED) is 0.782. The lowest BCUT2D eigenvalue weighted by atomic mass is 9.92. The molecular weight excluding hydrogens is 337 g/mol. The van der Waals surface area contributed by atoms with E-state index in [1.54, 1.807) is 24.3 Å². The summed E-state index contributed by atoms with van der Waals surface area (Å²) < 4.78 is 18.6. The molecule has 0 spiro atoms. The van der Waals surface area contributed by atoms with Crippen molar-refractivity contribution in [2.45, 2.75) is 5.92 Å². The zero-order chi connectivity index (χ0) is 15.4. The Morgan fingerprint density at radius 3 is 2.52 bits per heavy atom. The van der Waals surface area contributed by atoms with Gasteiger partial charge in [-0.1, -0.05) is 18.2 Å². The summed E-state index contributed by atoms with van der Waals surface area (Å²) in [5, 5.41) is 9.29. The van der Waals surface area contributed by atoms with Gasteiger partial charge in [-0.15, -0.1) is 0 Å². The van der Waals surface area contributed by atoms with Crippen LogP contribution >= 0.6 is 15.9 Å². The number of benzene rings is 2. The molecule has 0 aliphatic carbocycles. The summed E-state index contributed by atoms with van der Waals surface area (Å²) in [5.41, 5.74) is 0.692. The van der Waals surface area contributed by atoms with E-state index in [-0.39, 0.29) is 10.0 Å². The van der Waals surface area contributed by atoms with Gasteiger partial charge in [0.1, 0.15) is 17.5 Å². The predicted octanol–water partition coefficient (Wildman–Crippen LogP) is 4.09. The maximum Gasteiger partial charge on any atom is 0.185 e. The van der Waals surface area contributed by atoms with Crippen LogP contribution in [0.2, 0.25) is 0 Å². The minimum absolute atomic E-state index is 0.0729. The highest BCUT2D eigenvalue weighted by Gasteiger charge is 2.24. The summed E-state index contributed by atoms with van der Waals surface area (Å²) in [4.78, 5) is 12.5. The Hall–Kier alpha value is -2.19. The Balaban J connectivity index is 2.39. The summed E-state index contributed by atoms with van der Waals surface area (Å²) in [6, 6.07) is 12.8. The first-order chi connectivity index (χ1) is 10.1.